The number of hydrogen-bond acceptors (Lipinski definition) is 3. The minimum Gasteiger partial charge on any atom is -0.324 e. The molecule has 0 aliphatic rings. The average molecular weight is 425 g/mol. The molecule has 0 spiro atoms. The van der Waals surface area contributed by atoms with E-state index in [9.17, 15) is 13.2 Å². The van der Waals surface area contributed by atoms with Crippen LogP contribution in [0.5, 0.6) is 0 Å². The summed E-state index contributed by atoms with van der Waals surface area (Å²) >= 11 is 3.34. The summed E-state index contributed by atoms with van der Waals surface area (Å²) in [5.74, 6) is -0.364. The number of aryl methyl sites for hydroxylation is 1. The third-order valence-electron chi connectivity index (χ3n) is 3.70. The Labute approximate surface area is 157 Å². The maximum atomic E-state index is 12.7. The quantitative estimate of drug-likeness (QED) is 0.763. The van der Waals surface area contributed by atoms with E-state index in [2.05, 4.69) is 21.2 Å². The molecular formula is C18H21BrN2O3S. The van der Waals surface area contributed by atoms with Crippen molar-refractivity contribution in [3.63, 3.8) is 0 Å². The Morgan fingerprint density at radius 2 is 1.84 bits per heavy atom. The van der Waals surface area contributed by atoms with Crippen molar-refractivity contribution in [2.24, 2.45) is 0 Å². The third kappa shape index (κ3) is 5.06. The number of rotatable bonds is 6. The lowest BCUT2D eigenvalue weighted by molar-refractivity contribution is -0.117. The highest BCUT2D eigenvalue weighted by molar-refractivity contribution is 9.10. The summed E-state index contributed by atoms with van der Waals surface area (Å²) in [6.07, 6.45) is 1.47. The first-order chi connectivity index (χ1) is 11.7. The van der Waals surface area contributed by atoms with Crippen molar-refractivity contribution in [2.45, 2.75) is 26.3 Å². The third-order valence-corrected chi connectivity index (χ3v) is 5.41. The Morgan fingerprint density at radius 3 is 2.36 bits per heavy atom. The molecule has 25 heavy (non-hydrogen) atoms. The Kier molecular flexibility index (Phi) is 6.24. The second-order valence-corrected chi connectivity index (χ2v) is 8.59. The minimum atomic E-state index is -3.63. The van der Waals surface area contributed by atoms with Crippen molar-refractivity contribution in [3.8, 4) is 0 Å². The second kappa shape index (κ2) is 8.01. The maximum Gasteiger partial charge on any atom is 0.248 e. The van der Waals surface area contributed by atoms with Gasteiger partial charge in [-0.2, -0.15) is 0 Å². The standard InChI is InChI=1S/C18H21BrN2O3S/c1-4-17(18(22)20-15-10-8-14(19)9-11-15)21(25(3,23)24)16-7-5-6-13(2)12-16/h5-12,17H,4H2,1-3H3,(H,20,22)/t17-/m1/s1. The summed E-state index contributed by atoms with van der Waals surface area (Å²) in [6, 6.07) is 13.4. The Hall–Kier alpha value is -1.86. The molecule has 0 saturated carbocycles. The summed E-state index contributed by atoms with van der Waals surface area (Å²) in [5, 5.41) is 2.79. The van der Waals surface area contributed by atoms with Gasteiger partial charge in [-0.05, 0) is 55.3 Å². The predicted octanol–water partition coefficient (Wildman–Crippen LogP) is 3.94. The molecule has 0 radical (unpaired) electrons. The van der Waals surface area contributed by atoms with E-state index in [0.717, 1.165) is 16.3 Å². The SMILES string of the molecule is CC[C@H](C(=O)Nc1ccc(Br)cc1)N(c1cccc(C)c1)S(C)(=O)=O. The fourth-order valence-electron chi connectivity index (χ4n) is 2.58. The smallest absolute Gasteiger partial charge is 0.248 e. The highest BCUT2D eigenvalue weighted by atomic mass is 79.9. The van der Waals surface area contributed by atoms with E-state index in [1.54, 1.807) is 37.3 Å². The van der Waals surface area contributed by atoms with Crippen LogP contribution in [0.3, 0.4) is 0 Å². The van der Waals surface area contributed by atoms with Gasteiger partial charge in [-0.25, -0.2) is 8.42 Å². The van der Waals surface area contributed by atoms with Crippen LogP contribution in [0.15, 0.2) is 53.0 Å². The number of anilines is 2. The lowest BCUT2D eigenvalue weighted by atomic mass is 10.1. The topological polar surface area (TPSA) is 66.5 Å². The fraction of sp³-hybridized carbons (Fsp3) is 0.278. The van der Waals surface area contributed by atoms with Crippen molar-refractivity contribution in [1.82, 2.24) is 0 Å². The number of sulfonamides is 1. The predicted molar refractivity (Wildman–Crippen MR) is 105 cm³/mol. The van der Waals surface area contributed by atoms with Gasteiger partial charge in [0.25, 0.3) is 0 Å². The van der Waals surface area contributed by atoms with E-state index in [4.69, 9.17) is 0 Å². The molecule has 2 aromatic rings. The average Bonchev–Trinajstić information content (AvgIpc) is 2.53. The normalized spacial score (nSPS) is 12.5. The highest BCUT2D eigenvalue weighted by Crippen LogP contribution is 2.24. The highest BCUT2D eigenvalue weighted by Gasteiger charge is 2.31. The van der Waals surface area contributed by atoms with E-state index >= 15 is 0 Å². The van der Waals surface area contributed by atoms with Crippen LogP contribution in [0.2, 0.25) is 0 Å². The van der Waals surface area contributed by atoms with E-state index in [1.807, 2.05) is 25.1 Å². The van der Waals surface area contributed by atoms with E-state index < -0.39 is 16.1 Å². The lowest BCUT2D eigenvalue weighted by Crippen LogP contribution is -2.47. The molecule has 134 valence electrons. The van der Waals surface area contributed by atoms with Crippen LogP contribution in [-0.2, 0) is 14.8 Å². The van der Waals surface area contributed by atoms with Crippen LogP contribution < -0.4 is 9.62 Å². The molecule has 0 aliphatic heterocycles. The minimum absolute atomic E-state index is 0.351. The molecule has 0 bridgehead atoms. The summed E-state index contributed by atoms with van der Waals surface area (Å²) in [7, 11) is -3.63. The zero-order chi connectivity index (χ0) is 18.6. The van der Waals surface area contributed by atoms with Crippen molar-refractivity contribution >= 4 is 43.2 Å². The largest absolute Gasteiger partial charge is 0.324 e. The first kappa shape index (κ1) is 19.5. The van der Waals surface area contributed by atoms with Crippen molar-refractivity contribution in [1.29, 1.82) is 0 Å². The molecule has 0 heterocycles. The van der Waals surface area contributed by atoms with Gasteiger partial charge in [0.05, 0.1) is 11.9 Å². The van der Waals surface area contributed by atoms with E-state index in [0.29, 0.717) is 17.8 Å². The van der Waals surface area contributed by atoms with Crippen LogP contribution >= 0.6 is 15.9 Å². The molecule has 0 unspecified atom stereocenters. The first-order valence-electron chi connectivity index (χ1n) is 7.85. The molecule has 0 aromatic heterocycles. The van der Waals surface area contributed by atoms with Gasteiger partial charge in [-0.15, -0.1) is 0 Å². The van der Waals surface area contributed by atoms with Crippen LogP contribution in [0, 0.1) is 6.92 Å². The summed E-state index contributed by atoms with van der Waals surface area (Å²) in [6.45, 7) is 3.67. The zero-order valence-electron chi connectivity index (χ0n) is 14.4. The number of amides is 1. The van der Waals surface area contributed by atoms with Crippen LogP contribution in [0.1, 0.15) is 18.9 Å². The number of nitrogens with one attached hydrogen (secondary N) is 1. The van der Waals surface area contributed by atoms with Gasteiger partial charge >= 0.3 is 0 Å². The molecule has 0 fully saturated rings. The number of benzene rings is 2. The van der Waals surface area contributed by atoms with Gasteiger partial charge < -0.3 is 5.32 Å². The number of nitrogens with zero attached hydrogens (tertiary/aromatic N) is 1. The van der Waals surface area contributed by atoms with Gasteiger partial charge in [-0.1, -0.05) is 35.0 Å². The fourth-order valence-corrected chi connectivity index (χ4v) is 4.05. The monoisotopic (exact) mass is 424 g/mol. The van der Waals surface area contributed by atoms with Crippen molar-refractivity contribution < 1.29 is 13.2 Å². The van der Waals surface area contributed by atoms with Gasteiger partial charge in [0, 0.05) is 10.2 Å². The molecule has 1 amide bonds. The number of halogens is 1. The first-order valence-corrected chi connectivity index (χ1v) is 10.5. The Bertz CT molecular complexity index is 851. The molecular weight excluding hydrogens is 404 g/mol. The van der Waals surface area contributed by atoms with Gasteiger partial charge in [0.2, 0.25) is 15.9 Å². The van der Waals surface area contributed by atoms with Crippen LogP contribution in [0.25, 0.3) is 0 Å². The molecule has 1 N–H and O–H groups in total. The molecule has 0 saturated heterocycles. The van der Waals surface area contributed by atoms with Crippen molar-refractivity contribution in [2.75, 3.05) is 15.9 Å². The molecule has 5 nitrogen and oxygen atoms in total. The Balaban J connectivity index is 2.36. The van der Waals surface area contributed by atoms with Gasteiger partial charge in [0.15, 0.2) is 0 Å². The summed E-state index contributed by atoms with van der Waals surface area (Å²) in [5.41, 5.74) is 2.03. The van der Waals surface area contributed by atoms with E-state index in [-0.39, 0.29) is 5.91 Å². The molecule has 0 aliphatic carbocycles. The molecule has 7 heteroatoms. The van der Waals surface area contributed by atoms with Gasteiger partial charge in [0.1, 0.15) is 6.04 Å². The molecule has 2 rings (SSSR count). The zero-order valence-corrected chi connectivity index (χ0v) is 16.8. The second-order valence-electron chi connectivity index (χ2n) is 5.82. The maximum absolute atomic E-state index is 12.7. The molecule has 2 aromatic carbocycles. The van der Waals surface area contributed by atoms with Crippen molar-refractivity contribution in [3.05, 3.63) is 58.6 Å². The van der Waals surface area contributed by atoms with Gasteiger partial charge in [-0.3, -0.25) is 9.10 Å². The van der Waals surface area contributed by atoms with E-state index in [1.165, 1.54) is 4.31 Å². The summed E-state index contributed by atoms with van der Waals surface area (Å²) < 4.78 is 26.9. The Morgan fingerprint density at radius 1 is 1.20 bits per heavy atom. The van der Waals surface area contributed by atoms with Crippen LogP contribution in [-0.4, -0.2) is 26.6 Å². The lowest BCUT2D eigenvalue weighted by Gasteiger charge is -2.30. The molecule has 1 atom stereocenters. The number of carbonyl (C=O) groups excluding carboxylic acids is 1. The number of hydrogen-bond donors (Lipinski definition) is 1. The number of carbonyl (C=O) groups is 1. The summed E-state index contributed by atoms with van der Waals surface area (Å²) in [4.78, 5) is 12.7. The van der Waals surface area contributed by atoms with Crippen LogP contribution in [0.4, 0.5) is 11.4 Å².